The van der Waals surface area contributed by atoms with E-state index in [0.717, 1.165) is 15.2 Å². The summed E-state index contributed by atoms with van der Waals surface area (Å²) in [4.78, 5) is 33.9. The van der Waals surface area contributed by atoms with Crippen molar-refractivity contribution in [3.8, 4) is 0 Å². The molecule has 0 fully saturated rings. The Morgan fingerprint density at radius 2 is 1.92 bits per heavy atom. The average Bonchev–Trinajstić information content (AvgIpc) is 3.09. The van der Waals surface area contributed by atoms with E-state index in [9.17, 15) is 9.59 Å². The molecule has 0 radical (unpaired) electrons. The molecule has 0 aliphatic heterocycles. The summed E-state index contributed by atoms with van der Waals surface area (Å²) in [6.45, 7) is 0. The lowest BCUT2D eigenvalue weighted by Gasteiger charge is -2.11. The van der Waals surface area contributed by atoms with E-state index in [-0.39, 0.29) is 17.6 Å². The van der Waals surface area contributed by atoms with Gasteiger partial charge in [-0.25, -0.2) is 9.97 Å². The van der Waals surface area contributed by atoms with Crippen LogP contribution >= 0.6 is 23.1 Å². The molecule has 0 saturated heterocycles. The summed E-state index contributed by atoms with van der Waals surface area (Å²) in [6.07, 6.45) is 1.51. The van der Waals surface area contributed by atoms with Gasteiger partial charge in [-0.2, -0.15) is 0 Å². The predicted octanol–water partition coefficient (Wildman–Crippen LogP) is 3.12. The minimum atomic E-state index is -0.125. The Bertz CT molecular complexity index is 906. The molecule has 3 aromatic rings. The summed E-state index contributed by atoms with van der Waals surface area (Å²) < 4.78 is 0.992. The van der Waals surface area contributed by atoms with Gasteiger partial charge in [0, 0.05) is 25.3 Å². The van der Waals surface area contributed by atoms with Crippen LogP contribution in [-0.2, 0) is 4.79 Å². The zero-order chi connectivity index (χ0) is 17.8. The molecule has 2 heterocycles. The number of hydrogen-bond donors (Lipinski definition) is 1. The summed E-state index contributed by atoms with van der Waals surface area (Å²) in [6, 6.07) is 8.78. The van der Waals surface area contributed by atoms with E-state index < -0.39 is 0 Å². The van der Waals surface area contributed by atoms with Crippen LogP contribution in [0.3, 0.4) is 0 Å². The number of thiophene rings is 1. The third kappa shape index (κ3) is 4.15. The van der Waals surface area contributed by atoms with Gasteiger partial charge in [-0.15, -0.1) is 11.3 Å². The Balaban J connectivity index is 1.59. The molecular formula is C17H16N4O2S2. The largest absolute Gasteiger partial charge is 0.345 e. The van der Waals surface area contributed by atoms with Crippen LogP contribution in [0.5, 0.6) is 0 Å². The number of amides is 2. The number of nitrogens with zero attached hydrogens (tertiary/aromatic N) is 3. The lowest BCUT2D eigenvalue weighted by molar-refractivity contribution is -0.113. The molecule has 3 rings (SSSR count). The number of hydrogen-bond acceptors (Lipinski definition) is 6. The van der Waals surface area contributed by atoms with Gasteiger partial charge in [0.25, 0.3) is 5.91 Å². The monoisotopic (exact) mass is 372 g/mol. The van der Waals surface area contributed by atoms with Gasteiger partial charge in [0.05, 0.1) is 16.0 Å². The third-order valence-electron chi connectivity index (χ3n) is 3.37. The molecule has 8 heteroatoms. The van der Waals surface area contributed by atoms with E-state index >= 15 is 0 Å². The minimum absolute atomic E-state index is 0.0721. The summed E-state index contributed by atoms with van der Waals surface area (Å²) >= 11 is 2.94. The molecule has 25 heavy (non-hydrogen) atoms. The Morgan fingerprint density at radius 3 is 2.64 bits per heavy atom. The molecule has 0 aliphatic rings. The zero-order valence-corrected chi connectivity index (χ0v) is 15.4. The van der Waals surface area contributed by atoms with Crippen LogP contribution in [-0.4, -0.2) is 46.5 Å². The highest BCUT2D eigenvalue weighted by atomic mass is 32.2. The number of benzene rings is 1. The summed E-state index contributed by atoms with van der Waals surface area (Å²) in [5.74, 6) is 0.0553. The van der Waals surface area contributed by atoms with Crippen LogP contribution in [0.25, 0.3) is 10.2 Å². The molecule has 1 aromatic carbocycles. The number of thioether (sulfide) groups is 1. The van der Waals surface area contributed by atoms with Crippen LogP contribution < -0.4 is 5.32 Å². The van der Waals surface area contributed by atoms with E-state index in [2.05, 4.69) is 15.3 Å². The number of aromatic nitrogens is 2. The predicted molar refractivity (Wildman–Crippen MR) is 101 cm³/mol. The van der Waals surface area contributed by atoms with Gasteiger partial charge >= 0.3 is 0 Å². The van der Waals surface area contributed by atoms with Gasteiger partial charge < -0.3 is 10.2 Å². The normalized spacial score (nSPS) is 10.6. The fourth-order valence-electron chi connectivity index (χ4n) is 2.15. The Kier molecular flexibility index (Phi) is 5.30. The second-order valence-electron chi connectivity index (χ2n) is 5.43. The molecule has 0 spiro atoms. The maximum absolute atomic E-state index is 12.1. The third-order valence-corrected chi connectivity index (χ3v) is 5.40. The van der Waals surface area contributed by atoms with E-state index in [1.165, 1.54) is 23.0 Å². The second kappa shape index (κ2) is 7.62. The quantitative estimate of drug-likeness (QED) is 0.550. The number of nitrogens with one attached hydrogen (secondary N) is 1. The van der Waals surface area contributed by atoms with Crippen LogP contribution in [0.15, 0.2) is 47.1 Å². The molecule has 6 nitrogen and oxygen atoms in total. The lowest BCUT2D eigenvalue weighted by atomic mass is 10.2. The van der Waals surface area contributed by atoms with Gasteiger partial charge in [-0.1, -0.05) is 11.8 Å². The number of carbonyl (C=O) groups is 2. The first-order valence-corrected chi connectivity index (χ1v) is 9.33. The van der Waals surface area contributed by atoms with Crippen LogP contribution in [0.2, 0.25) is 0 Å². The molecule has 0 atom stereocenters. The van der Waals surface area contributed by atoms with Crippen molar-refractivity contribution in [1.82, 2.24) is 14.9 Å². The van der Waals surface area contributed by atoms with Crippen LogP contribution in [0.1, 0.15) is 10.4 Å². The van der Waals surface area contributed by atoms with E-state index in [1.807, 2.05) is 11.4 Å². The highest BCUT2D eigenvalue weighted by Gasteiger charge is 2.10. The van der Waals surface area contributed by atoms with Gasteiger partial charge in [0.15, 0.2) is 0 Å². The fraction of sp³-hybridized carbons (Fsp3) is 0.176. The molecule has 1 N–H and O–H groups in total. The molecule has 2 amide bonds. The maximum atomic E-state index is 12.1. The minimum Gasteiger partial charge on any atom is -0.345 e. The maximum Gasteiger partial charge on any atom is 0.253 e. The first-order chi connectivity index (χ1) is 12.0. The number of carbonyl (C=O) groups excluding carboxylic acids is 2. The van der Waals surface area contributed by atoms with Crippen molar-refractivity contribution in [3.63, 3.8) is 0 Å². The average molecular weight is 372 g/mol. The van der Waals surface area contributed by atoms with E-state index in [4.69, 9.17) is 0 Å². The van der Waals surface area contributed by atoms with Crippen molar-refractivity contribution in [1.29, 1.82) is 0 Å². The Hall–Kier alpha value is -2.45. The first kappa shape index (κ1) is 17.4. The van der Waals surface area contributed by atoms with Crippen molar-refractivity contribution in [2.45, 2.75) is 5.03 Å². The second-order valence-corrected chi connectivity index (χ2v) is 7.31. The first-order valence-electron chi connectivity index (χ1n) is 7.47. The van der Waals surface area contributed by atoms with E-state index in [1.54, 1.807) is 49.7 Å². The van der Waals surface area contributed by atoms with Crippen LogP contribution in [0.4, 0.5) is 5.69 Å². The molecule has 128 valence electrons. The molecule has 0 saturated carbocycles. The molecule has 0 aliphatic carbocycles. The number of fused-ring (bicyclic) bond motifs is 1. The topological polar surface area (TPSA) is 75.2 Å². The van der Waals surface area contributed by atoms with Crippen molar-refractivity contribution >= 4 is 50.8 Å². The molecular weight excluding hydrogens is 356 g/mol. The Labute approximate surface area is 153 Å². The molecule has 2 aromatic heterocycles. The van der Waals surface area contributed by atoms with Gasteiger partial charge in [0.1, 0.15) is 11.4 Å². The van der Waals surface area contributed by atoms with Crippen molar-refractivity contribution < 1.29 is 9.59 Å². The summed E-state index contributed by atoms with van der Waals surface area (Å²) in [7, 11) is 3.40. The number of rotatable bonds is 5. The summed E-state index contributed by atoms with van der Waals surface area (Å²) in [5.41, 5.74) is 2.13. The zero-order valence-electron chi connectivity index (χ0n) is 13.7. The highest BCUT2D eigenvalue weighted by Crippen LogP contribution is 2.28. The van der Waals surface area contributed by atoms with Crippen molar-refractivity contribution in [2.75, 3.05) is 25.2 Å². The highest BCUT2D eigenvalue weighted by molar-refractivity contribution is 8.00. The van der Waals surface area contributed by atoms with Crippen molar-refractivity contribution in [3.05, 3.63) is 47.6 Å². The van der Waals surface area contributed by atoms with Crippen LogP contribution in [0, 0.1) is 0 Å². The van der Waals surface area contributed by atoms with Gasteiger partial charge in [0.2, 0.25) is 5.91 Å². The molecule has 0 unspecified atom stereocenters. The Morgan fingerprint density at radius 1 is 1.16 bits per heavy atom. The standard InChI is InChI=1S/C17H16N4O2S2/c1-21(2)17(23)11-3-5-12(6-4-11)20-14(22)9-25-16-15-13(7-8-24-15)18-10-19-16/h3-8,10H,9H2,1-2H3,(H,20,22). The van der Waals surface area contributed by atoms with Gasteiger partial charge in [-0.05, 0) is 35.7 Å². The van der Waals surface area contributed by atoms with E-state index in [0.29, 0.717) is 11.3 Å². The molecule has 0 bridgehead atoms. The fourth-order valence-corrected chi connectivity index (χ4v) is 3.90. The smallest absolute Gasteiger partial charge is 0.253 e. The SMILES string of the molecule is CN(C)C(=O)c1ccc(NC(=O)CSc2ncnc3ccsc23)cc1. The van der Waals surface area contributed by atoms with Crippen molar-refractivity contribution in [2.24, 2.45) is 0 Å². The lowest BCUT2D eigenvalue weighted by Crippen LogP contribution is -2.21. The number of anilines is 1. The van der Waals surface area contributed by atoms with Gasteiger partial charge in [-0.3, -0.25) is 9.59 Å². The summed E-state index contributed by atoms with van der Waals surface area (Å²) in [5, 5.41) is 5.59.